The van der Waals surface area contributed by atoms with Gasteiger partial charge in [-0.2, -0.15) is 5.26 Å². The second-order valence-electron chi connectivity index (χ2n) is 5.84. The lowest BCUT2D eigenvalue weighted by atomic mass is 10.0. The zero-order valence-corrected chi connectivity index (χ0v) is 13.7. The molecule has 2 amide bonds. The standard InChI is InChI=1S/C18H17N5O2/c1-23(16-6-2-12(9-19)10-20-16)11-18(25)21-14-4-5-15-13(8-14)3-7-17(24)22-15/h2,4-6,8,10H,3,7,11H2,1H3,(H,21,25)(H,22,24). The molecule has 0 radical (unpaired) electrons. The molecule has 2 N–H and O–H groups in total. The Balaban J connectivity index is 1.62. The van der Waals surface area contributed by atoms with Crippen LogP contribution in [0.1, 0.15) is 17.5 Å². The van der Waals surface area contributed by atoms with Crippen LogP contribution in [0.15, 0.2) is 36.5 Å². The third-order valence-corrected chi connectivity index (χ3v) is 3.93. The summed E-state index contributed by atoms with van der Waals surface area (Å²) in [5, 5.41) is 14.5. The molecule has 2 heterocycles. The molecule has 0 bridgehead atoms. The highest BCUT2D eigenvalue weighted by Crippen LogP contribution is 2.25. The van der Waals surface area contributed by atoms with Gasteiger partial charge >= 0.3 is 0 Å². The van der Waals surface area contributed by atoms with Gasteiger partial charge in [0, 0.05) is 31.0 Å². The fourth-order valence-corrected chi connectivity index (χ4v) is 2.64. The smallest absolute Gasteiger partial charge is 0.243 e. The normalized spacial score (nSPS) is 12.6. The van der Waals surface area contributed by atoms with Gasteiger partial charge in [0.15, 0.2) is 0 Å². The predicted octanol–water partition coefficient (Wildman–Crippen LogP) is 1.91. The van der Waals surface area contributed by atoms with Crippen LogP contribution in [0.2, 0.25) is 0 Å². The van der Waals surface area contributed by atoms with E-state index < -0.39 is 0 Å². The van der Waals surface area contributed by atoms with Crippen molar-refractivity contribution in [3.63, 3.8) is 0 Å². The van der Waals surface area contributed by atoms with Crippen LogP contribution < -0.4 is 15.5 Å². The zero-order valence-electron chi connectivity index (χ0n) is 13.7. The number of aryl methyl sites for hydroxylation is 1. The second kappa shape index (κ2) is 7.01. The molecule has 1 aromatic carbocycles. The van der Waals surface area contributed by atoms with E-state index in [1.807, 2.05) is 12.1 Å². The van der Waals surface area contributed by atoms with E-state index in [1.54, 1.807) is 36.2 Å². The molecular formula is C18H17N5O2. The molecule has 0 aliphatic carbocycles. The van der Waals surface area contributed by atoms with Gasteiger partial charge in [-0.05, 0) is 42.3 Å². The largest absolute Gasteiger partial charge is 0.350 e. The molecule has 0 fully saturated rings. The summed E-state index contributed by atoms with van der Waals surface area (Å²) in [6.07, 6.45) is 2.60. The van der Waals surface area contributed by atoms with Crippen molar-refractivity contribution in [3.8, 4) is 6.07 Å². The highest BCUT2D eigenvalue weighted by molar-refractivity contribution is 5.96. The number of carbonyl (C=O) groups excluding carboxylic acids is 2. The fraction of sp³-hybridized carbons (Fsp3) is 0.222. The van der Waals surface area contributed by atoms with E-state index in [0.29, 0.717) is 29.9 Å². The molecule has 0 saturated heterocycles. The van der Waals surface area contributed by atoms with Gasteiger partial charge in [-0.3, -0.25) is 9.59 Å². The number of pyridine rings is 1. The maximum atomic E-state index is 12.2. The third-order valence-electron chi connectivity index (χ3n) is 3.93. The lowest BCUT2D eigenvalue weighted by Crippen LogP contribution is -2.30. The van der Waals surface area contributed by atoms with Gasteiger partial charge in [0.1, 0.15) is 11.9 Å². The second-order valence-corrected chi connectivity index (χ2v) is 5.84. The predicted molar refractivity (Wildman–Crippen MR) is 94.2 cm³/mol. The lowest BCUT2D eigenvalue weighted by molar-refractivity contribution is -0.116. The number of carbonyl (C=O) groups is 2. The van der Waals surface area contributed by atoms with Crippen LogP contribution >= 0.6 is 0 Å². The Hall–Kier alpha value is -3.40. The zero-order chi connectivity index (χ0) is 17.8. The number of nitriles is 1. The van der Waals surface area contributed by atoms with Gasteiger partial charge in [-0.15, -0.1) is 0 Å². The molecule has 25 heavy (non-hydrogen) atoms. The Morgan fingerprint density at radius 2 is 2.20 bits per heavy atom. The summed E-state index contributed by atoms with van der Waals surface area (Å²) in [6.45, 7) is 0.132. The van der Waals surface area contributed by atoms with Crippen LogP contribution in [-0.2, 0) is 16.0 Å². The van der Waals surface area contributed by atoms with Crippen molar-refractivity contribution in [2.24, 2.45) is 0 Å². The Morgan fingerprint density at radius 1 is 1.36 bits per heavy atom. The van der Waals surface area contributed by atoms with Gasteiger partial charge in [0.25, 0.3) is 0 Å². The molecule has 2 aromatic rings. The monoisotopic (exact) mass is 335 g/mol. The molecule has 3 rings (SSSR count). The topological polar surface area (TPSA) is 98.1 Å². The average Bonchev–Trinajstić information content (AvgIpc) is 2.61. The van der Waals surface area contributed by atoms with Crippen LogP contribution in [0.4, 0.5) is 17.2 Å². The summed E-state index contributed by atoms with van der Waals surface area (Å²) in [4.78, 5) is 29.5. The van der Waals surface area contributed by atoms with Crippen LogP contribution in [0, 0.1) is 11.3 Å². The van der Waals surface area contributed by atoms with Gasteiger partial charge in [0.05, 0.1) is 12.1 Å². The first-order valence-electron chi connectivity index (χ1n) is 7.85. The summed E-state index contributed by atoms with van der Waals surface area (Å²) >= 11 is 0. The van der Waals surface area contributed by atoms with Crippen molar-refractivity contribution in [1.82, 2.24) is 4.98 Å². The van der Waals surface area contributed by atoms with Gasteiger partial charge in [-0.1, -0.05) is 0 Å². The molecular weight excluding hydrogens is 318 g/mol. The average molecular weight is 335 g/mol. The molecule has 7 heteroatoms. The fourth-order valence-electron chi connectivity index (χ4n) is 2.64. The molecule has 0 saturated carbocycles. The van der Waals surface area contributed by atoms with Gasteiger partial charge < -0.3 is 15.5 Å². The highest BCUT2D eigenvalue weighted by atomic mass is 16.2. The van der Waals surface area contributed by atoms with Crippen LogP contribution in [0.3, 0.4) is 0 Å². The maximum absolute atomic E-state index is 12.2. The summed E-state index contributed by atoms with van der Waals surface area (Å²) in [5.74, 6) is 0.455. The van der Waals surface area contributed by atoms with Crippen molar-refractivity contribution >= 4 is 29.0 Å². The van der Waals surface area contributed by atoms with Crippen molar-refractivity contribution in [2.45, 2.75) is 12.8 Å². The van der Waals surface area contributed by atoms with Gasteiger partial charge in [0.2, 0.25) is 11.8 Å². The number of hydrogen-bond donors (Lipinski definition) is 2. The Labute approximate surface area is 145 Å². The summed E-state index contributed by atoms with van der Waals surface area (Å²) in [5.41, 5.74) is 2.98. The van der Waals surface area contributed by atoms with E-state index in [2.05, 4.69) is 15.6 Å². The number of anilines is 3. The van der Waals surface area contributed by atoms with Crippen molar-refractivity contribution in [3.05, 3.63) is 47.7 Å². The Bertz CT molecular complexity index is 855. The highest BCUT2D eigenvalue weighted by Gasteiger charge is 2.15. The summed E-state index contributed by atoms with van der Waals surface area (Å²) in [6, 6.07) is 10.8. The Kier molecular flexibility index (Phi) is 4.61. The number of fused-ring (bicyclic) bond motifs is 1. The number of benzene rings is 1. The number of hydrogen-bond acceptors (Lipinski definition) is 5. The first kappa shape index (κ1) is 16.5. The molecule has 0 spiro atoms. The summed E-state index contributed by atoms with van der Waals surface area (Å²) < 4.78 is 0. The van der Waals surface area contributed by atoms with Crippen molar-refractivity contribution in [2.75, 3.05) is 29.1 Å². The van der Waals surface area contributed by atoms with E-state index in [1.165, 1.54) is 6.20 Å². The van der Waals surface area contributed by atoms with Crippen LogP contribution in [0.25, 0.3) is 0 Å². The number of nitrogens with zero attached hydrogens (tertiary/aromatic N) is 3. The van der Waals surface area contributed by atoms with Crippen LogP contribution in [-0.4, -0.2) is 30.4 Å². The molecule has 1 aromatic heterocycles. The van der Waals surface area contributed by atoms with E-state index in [0.717, 1.165) is 11.3 Å². The minimum atomic E-state index is -0.173. The van der Waals surface area contributed by atoms with Crippen molar-refractivity contribution in [1.29, 1.82) is 5.26 Å². The van der Waals surface area contributed by atoms with E-state index in [4.69, 9.17) is 5.26 Å². The van der Waals surface area contributed by atoms with E-state index in [9.17, 15) is 9.59 Å². The minimum absolute atomic E-state index is 0.0147. The molecule has 1 aliphatic heterocycles. The van der Waals surface area contributed by atoms with E-state index >= 15 is 0 Å². The van der Waals surface area contributed by atoms with Crippen molar-refractivity contribution < 1.29 is 9.59 Å². The Morgan fingerprint density at radius 3 is 2.92 bits per heavy atom. The lowest BCUT2D eigenvalue weighted by Gasteiger charge is -2.19. The van der Waals surface area contributed by atoms with Crippen LogP contribution in [0.5, 0.6) is 0 Å². The molecule has 0 unspecified atom stereocenters. The number of amides is 2. The molecule has 0 atom stereocenters. The first-order chi connectivity index (χ1) is 12.0. The third kappa shape index (κ3) is 3.93. The number of rotatable bonds is 4. The minimum Gasteiger partial charge on any atom is -0.350 e. The SMILES string of the molecule is CN(CC(=O)Nc1ccc2c(c1)CCC(=O)N2)c1ccc(C#N)cn1. The molecule has 1 aliphatic rings. The molecule has 126 valence electrons. The first-order valence-corrected chi connectivity index (χ1v) is 7.85. The maximum Gasteiger partial charge on any atom is 0.243 e. The summed E-state index contributed by atoms with van der Waals surface area (Å²) in [7, 11) is 1.76. The number of aromatic nitrogens is 1. The molecule has 7 nitrogen and oxygen atoms in total. The number of likely N-dealkylation sites (N-methyl/N-ethyl adjacent to an activating group) is 1. The van der Waals surface area contributed by atoms with E-state index in [-0.39, 0.29) is 18.4 Å². The van der Waals surface area contributed by atoms with Gasteiger partial charge in [-0.25, -0.2) is 4.98 Å². The number of nitrogens with one attached hydrogen (secondary N) is 2. The quantitative estimate of drug-likeness (QED) is 0.889.